The minimum Gasteiger partial charge on any atom is -0.344 e. The van der Waals surface area contributed by atoms with Crippen molar-refractivity contribution in [3.05, 3.63) is 0 Å². The first kappa shape index (κ1) is 12.5. The van der Waals surface area contributed by atoms with Crippen molar-refractivity contribution in [1.82, 2.24) is 4.90 Å². The van der Waals surface area contributed by atoms with E-state index >= 15 is 0 Å². The molecule has 1 saturated carbocycles. The number of nitrogens with two attached hydrogens (primary N) is 1. The van der Waals surface area contributed by atoms with Crippen LogP contribution in [0.2, 0.25) is 0 Å². The summed E-state index contributed by atoms with van der Waals surface area (Å²) in [6.45, 7) is 7.22. The van der Waals surface area contributed by atoms with Gasteiger partial charge in [-0.1, -0.05) is 27.2 Å². The van der Waals surface area contributed by atoms with Crippen molar-refractivity contribution in [2.24, 2.45) is 23.5 Å². The zero-order chi connectivity index (χ0) is 11.6. The van der Waals surface area contributed by atoms with Crippen molar-refractivity contribution < 1.29 is 4.79 Å². The van der Waals surface area contributed by atoms with Gasteiger partial charge in [-0.3, -0.25) is 4.79 Å². The molecule has 0 spiro atoms. The molecule has 3 heteroatoms. The van der Waals surface area contributed by atoms with Crippen LogP contribution in [0.1, 0.15) is 33.6 Å². The van der Waals surface area contributed by atoms with Crippen LogP contribution in [-0.4, -0.2) is 30.4 Å². The highest BCUT2D eigenvalue weighted by Gasteiger charge is 2.35. The molecular formula is C12H24N2O. The van der Waals surface area contributed by atoms with E-state index in [9.17, 15) is 4.79 Å². The summed E-state index contributed by atoms with van der Waals surface area (Å²) in [4.78, 5) is 13.7. The first-order chi connectivity index (χ1) is 6.97. The van der Waals surface area contributed by atoms with Crippen LogP contribution >= 0.6 is 0 Å². The molecule has 0 aromatic heterocycles. The lowest BCUT2D eigenvalue weighted by Gasteiger charge is -2.24. The highest BCUT2D eigenvalue weighted by Crippen LogP contribution is 2.38. The predicted molar refractivity (Wildman–Crippen MR) is 62.3 cm³/mol. The average molecular weight is 212 g/mol. The monoisotopic (exact) mass is 212 g/mol. The maximum Gasteiger partial charge on any atom is 0.239 e. The summed E-state index contributed by atoms with van der Waals surface area (Å²) in [5, 5.41) is 0. The molecule has 3 nitrogen and oxygen atoms in total. The van der Waals surface area contributed by atoms with E-state index in [1.54, 1.807) is 0 Å². The number of likely N-dealkylation sites (N-methyl/N-ethyl adjacent to an activating group) is 1. The van der Waals surface area contributed by atoms with E-state index in [-0.39, 0.29) is 17.9 Å². The molecule has 0 heterocycles. The SMILES string of the molecule is CCC(C)[C@H](N)C(=O)N(C)CC1CC1C. The number of carbonyl (C=O) groups is 1. The molecule has 1 rings (SSSR count). The third-order valence-electron chi connectivity index (χ3n) is 3.70. The third kappa shape index (κ3) is 3.20. The van der Waals surface area contributed by atoms with E-state index in [0.717, 1.165) is 18.9 Å². The molecule has 0 aromatic carbocycles. The number of amides is 1. The molecule has 88 valence electrons. The van der Waals surface area contributed by atoms with E-state index in [0.29, 0.717) is 5.92 Å². The molecule has 0 aliphatic heterocycles. The van der Waals surface area contributed by atoms with Gasteiger partial charge < -0.3 is 10.6 Å². The van der Waals surface area contributed by atoms with Gasteiger partial charge in [-0.15, -0.1) is 0 Å². The summed E-state index contributed by atoms with van der Waals surface area (Å²) < 4.78 is 0. The van der Waals surface area contributed by atoms with Crippen LogP contribution in [0.15, 0.2) is 0 Å². The summed E-state index contributed by atoms with van der Waals surface area (Å²) in [5.74, 6) is 1.88. The topological polar surface area (TPSA) is 46.3 Å². The Balaban J connectivity index is 2.37. The third-order valence-corrected chi connectivity index (χ3v) is 3.70. The van der Waals surface area contributed by atoms with Crippen LogP contribution in [0.5, 0.6) is 0 Å². The van der Waals surface area contributed by atoms with Gasteiger partial charge in [0, 0.05) is 13.6 Å². The number of nitrogens with zero attached hydrogens (tertiary/aromatic N) is 1. The quantitative estimate of drug-likeness (QED) is 0.750. The Kier molecular flexibility index (Phi) is 4.14. The standard InChI is InChI=1S/C12H24N2O/c1-5-8(2)11(13)12(15)14(4)7-10-6-9(10)3/h8-11H,5-7,13H2,1-4H3/t8?,9?,10?,11-/m0/s1. The molecule has 3 unspecified atom stereocenters. The fraction of sp³-hybridized carbons (Fsp3) is 0.917. The Morgan fingerprint density at radius 3 is 2.53 bits per heavy atom. The Morgan fingerprint density at radius 1 is 1.60 bits per heavy atom. The lowest BCUT2D eigenvalue weighted by atomic mass is 9.99. The second-order valence-corrected chi connectivity index (χ2v) is 5.10. The number of carbonyl (C=O) groups excluding carboxylic acids is 1. The fourth-order valence-corrected chi connectivity index (χ4v) is 1.85. The van der Waals surface area contributed by atoms with E-state index in [1.165, 1.54) is 6.42 Å². The normalized spacial score (nSPS) is 28.3. The van der Waals surface area contributed by atoms with Crippen LogP contribution in [0.4, 0.5) is 0 Å². The van der Waals surface area contributed by atoms with Gasteiger partial charge in [0.15, 0.2) is 0 Å². The molecule has 0 aromatic rings. The van der Waals surface area contributed by atoms with Crippen LogP contribution in [0.3, 0.4) is 0 Å². The Bertz CT molecular complexity index is 230. The van der Waals surface area contributed by atoms with Crippen LogP contribution in [0, 0.1) is 17.8 Å². The number of hydrogen-bond acceptors (Lipinski definition) is 2. The zero-order valence-corrected chi connectivity index (χ0v) is 10.4. The van der Waals surface area contributed by atoms with Crippen LogP contribution in [-0.2, 0) is 4.79 Å². The first-order valence-corrected chi connectivity index (χ1v) is 5.97. The predicted octanol–water partition coefficient (Wildman–Crippen LogP) is 1.47. The van der Waals surface area contributed by atoms with Gasteiger partial charge in [-0.25, -0.2) is 0 Å². The van der Waals surface area contributed by atoms with Gasteiger partial charge in [0.2, 0.25) is 5.91 Å². The maximum absolute atomic E-state index is 11.9. The maximum atomic E-state index is 11.9. The molecule has 1 aliphatic carbocycles. The van der Waals surface area contributed by atoms with E-state index in [1.807, 2.05) is 18.9 Å². The van der Waals surface area contributed by atoms with Gasteiger partial charge in [0.05, 0.1) is 6.04 Å². The molecule has 0 radical (unpaired) electrons. The van der Waals surface area contributed by atoms with Crippen molar-refractivity contribution in [2.45, 2.75) is 39.7 Å². The highest BCUT2D eigenvalue weighted by molar-refractivity contribution is 5.81. The van der Waals surface area contributed by atoms with Crippen molar-refractivity contribution in [1.29, 1.82) is 0 Å². The van der Waals surface area contributed by atoms with E-state index in [4.69, 9.17) is 5.73 Å². The summed E-state index contributed by atoms with van der Waals surface area (Å²) in [7, 11) is 1.87. The van der Waals surface area contributed by atoms with Crippen LogP contribution < -0.4 is 5.73 Å². The molecular weight excluding hydrogens is 188 g/mol. The smallest absolute Gasteiger partial charge is 0.239 e. The summed E-state index contributed by atoms with van der Waals surface area (Å²) in [6, 6.07) is -0.325. The van der Waals surface area contributed by atoms with Gasteiger partial charge in [-0.2, -0.15) is 0 Å². The van der Waals surface area contributed by atoms with Gasteiger partial charge in [0.1, 0.15) is 0 Å². The molecule has 2 N–H and O–H groups in total. The second kappa shape index (κ2) is 4.97. The molecule has 4 atom stereocenters. The summed E-state index contributed by atoms with van der Waals surface area (Å²) >= 11 is 0. The van der Waals surface area contributed by atoms with E-state index in [2.05, 4.69) is 13.8 Å². The first-order valence-electron chi connectivity index (χ1n) is 5.97. The minimum atomic E-state index is -0.325. The largest absolute Gasteiger partial charge is 0.344 e. The van der Waals surface area contributed by atoms with Gasteiger partial charge in [-0.05, 0) is 24.2 Å². The van der Waals surface area contributed by atoms with Gasteiger partial charge in [0.25, 0.3) is 0 Å². The molecule has 1 fully saturated rings. The van der Waals surface area contributed by atoms with E-state index < -0.39 is 0 Å². The summed E-state index contributed by atoms with van der Waals surface area (Å²) in [6.07, 6.45) is 2.22. The molecule has 1 amide bonds. The minimum absolute atomic E-state index is 0.100. The molecule has 1 aliphatic rings. The second-order valence-electron chi connectivity index (χ2n) is 5.10. The average Bonchev–Trinajstić information content (AvgIpc) is 2.90. The van der Waals surface area contributed by atoms with Crippen molar-refractivity contribution >= 4 is 5.91 Å². The Morgan fingerprint density at radius 2 is 2.13 bits per heavy atom. The number of rotatable bonds is 5. The van der Waals surface area contributed by atoms with Crippen LogP contribution in [0.25, 0.3) is 0 Å². The highest BCUT2D eigenvalue weighted by atomic mass is 16.2. The Hall–Kier alpha value is -0.570. The van der Waals surface area contributed by atoms with Gasteiger partial charge >= 0.3 is 0 Å². The fourth-order valence-electron chi connectivity index (χ4n) is 1.85. The van der Waals surface area contributed by atoms with Crippen molar-refractivity contribution in [3.63, 3.8) is 0 Å². The molecule has 15 heavy (non-hydrogen) atoms. The lowest BCUT2D eigenvalue weighted by molar-refractivity contribution is -0.132. The molecule has 0 bridgehead atoms. The van der Waals surface area contributed by atoms with Crippen molar-refractivity contribution in [2.75, 3.05) is 13.6 Å². The molecule has 0 saturated heterocycles. The number of hydrogen-bond donors (Lipinski definition) is 1. The van der Waals surface area contributed by atoms with Crippen molar-refractivity contribution in [3.8, 4) is 0 Å². The zero-order valence-electron chi connectivity index (χ0n) is 10.4. The summed E-state index contributed by atoms with van der Waals surface area (Å²) in [5.41, 5.74) is 5.91. The lowest BCUT2D eigenvalue weighted by Crippen LogP contribution is -2.46. The Labute approximate surface area is 93.0 Å².